The van der Waals surface area contributed by atoms with Gasteiger partial charge in [0.15, 0.2) is 0 Å². The lowest BCUT2D eigenvalue weighted by Gasteiger charge is -2.12. The SMILES string of the molecule is C=CC(C)ON=C1CCCCC1. The maximum atomic E-state index is 5.20. The van der Waals surface area contributed by atoms with Crippen molar-refractivity contribution in [3.8, 4) is 0 Å². The molecule has 1 aliphatic carbocycles. The van der Waals surface area contributed by atoms with E-state index in [9.17, 15) is 0 Å². The lowest BCUT2D eigenvalue weighted by molar-refractivity contribution is 0.104. The zero-order valence-corrected chi connectivity index (χ0v) is 7.75. The topological polar surface area (TPSA) is 21.6 Å². The Bertz CT molecular complexity index is 167. The number of oxime groups is 1. The molecular formula is C10H17NO. The van der Waals surface area contributed by atoms with Gasteiger partial charge in [0.05, 0.1) is 5.71 Å². The van der Waals surface area contributed by atoms with E-state index in [0.29, 0.717) is 0 Å². The first-order chi connectivity index (χ1) is 5.83. The Labute approximate surface area is 74.3 Å². The van der Waals surface area contributed by atoms with Crippen LogP contribution in [0.4, 0.5) is 0 Å². The summed E-state index contributed by atoms with van der Waals surface area (Å²) in [5.41, 5.74) is 1.22. The average Bonchev–Trinajstić information content (AvgIpc) is 2.16. The van der Waals surface area contributed by atoms with E-state index in [2.05, 4.69) is 11.7 Å². The van der Waals surface area contributed by atoms with Crippen LogP contribution in [0.1, 0.15) is 39.0 Å². The van der Waals surface area contributed by atoms with Crippen LogP contribution in [-0.2, 0) is 4.84 Å². The first-order valence-corrected chi connectivity index (χ1v) is 4.67. The molecule has 1 atom stereocenters. The van der Waals surface area contributed by atoms with Gasteiger partial charge in [-0.05, 0) is 38.7 Å². The van der Waals surface area contributed by atoms with Crippen molar-refractivity contribution >= 4 is 5.71 Å². The van der Waals surface area contributed by atoms with Gasteiger partial charge < -0.3 is 4.84 Å². The van der Waals surface area contributed by atoms with Gasteiger partial charge in [-0.25, -0.2) is 0 Å². The average molecular weight is 167 g/mol. The van der Waals surface area contributed by atoms with E-state index in [-0.39, 0.29) is 6.10 Å². The predicted octanol–water partition coefficient (Wildman–Crippen LogP) is 2.90. The Hall–Kier alpha value is -0.790. The summed E-state index contributed by atoms with van der Waals surface area (Å²) in [6.07, 6.45) is 7.91. The molecule has 0 heterocycles. The highest BCUT2D eigenvalue weighted by molar-refractivity contribution is 5.84. The predicted molar refractivity (Wildman–Crippen MR) is 51.3 cm³/mol. The number of nitrogens with zero attached hydrogens (tertiary/aromatic N) is 1. The molecule has 0 aromatic heterocycles. The minimum Gasteiger partial charge on any atom is -0.389 e. The molecule has 12 heavy (non-hydrogen) atoms. The highest BCUT2D eigenvalue weighted by Crippen LogP contribution is 2.15. The maximum absolute atomic E-state index is 5.20. The monoisotopic (exact) mass is 167 g/mol. The van der Waals surface area contributed by atoms with Crippen LogP contribution in [-0.4, -0.2) is 11.8 Å². The first kappa shape index (κ1) is 9.30. The Kier molecular flexibility index (Phi) is 3.85. The highest BCUT2D eigenvalue weighted by atomic mass is 16.6. The van der Waals surface area contributed by atoms with Crippen LogP contribution in [0.3, 0.4) is 0 Å². The van der Waals surface area contributed by atoms with Crippen LogP contribution < -0.4 is 0 Å². The van der Waals surface area contributed by atoms with Crippen LogP contribution >= 0.6 is 0 Å². The molecule has 0 saturated heterocycles. The second kappa shape index (κ2) is 4.96. The summed E-state index contributed by atoms with van der Waals surface area (Å²) in [7, 11) is 0. The van der Waals surface area contributed by atoms with Crippen LogP contribution in [0.2, 0.25) is 0 Å². The second-order valence-corrected chi connectivity index (χ2v) is 3.26. The van der Waals surface area contributed by atoms with E-state index in [1.54, 1.807) is 6.08 Å². The number of hydrogen-bond donors (Lipinski definition) is 0. The summed E-state index contributed by atoms with van der Waals surface area (Å²) in [4.78, 5) is 5.20. The molecular weight excluding hydrogens is 150 g/mol. The molecule has 0 radical (unpaired) electrons. The quantitative estimate of drug-likeness (QED) is 0.468. The van der Waals surface area contributed by atoms with Gasteiger partial charge in [-0.15, -0.1) is 0 Å². The summed E-state index contributed by atoms with van der Waals surface area (Å²) in [6.45, 7) is 5.57. The van der Waals surface area contributed by atoms with Crippen molar-refractivity contribution in [2.24, 2.45) is 5.16 Å². The lowest BCUT2D eigenvalue weighted by Crippen LogP contribution is -2.07. The smallest absolute Gasteiger partial charge is 0.142 e. The number of hydrogen-bond acceptors (Lipinski definition) is 2. The maximum Gasteiger partial charge on any atom is 0.142 e. The molecule has 1 rings (SSSR count). The molecule has 1 aliphatic rings. The fourth-order valence-corrected chi connectivity index (χ4v) is 1.25. The standard InChI is InChI=1S/C10H17NO/c1-3-9(2)12-11-10-7-5-4-6-8-10/h3,9H,1,4-8H2,2H3. The molecule has 0 N–H and O–H groups in total. The summed E-state index contributed by atoms with van der Waals surface area (Å²) >= 11 is 0. The van der Waals surface area contributed by atoms with E-state index in [0.717, 1.165) is 12.8 Å². The van der Waals surface area contributed by atoms with Crippen molar-refractivity contribution in [1.29, 1.82) is 0 Å². The number of rotatable bonds is 3. The third-order valence-corrected chi connectivity index (χ3v) is 2.11. The molecule has 1 unspecified atom stereocenters. The van der Waals surface area contributed by atoms with Gasteiger partial charge in [0.25, 0.3) is 0 Å². The van der Waals surface area contributed by atoms with Crippen LogP contribution in [0.15, 0.2) is 17.8 Å². The first-order valence-electron chi connectivity index (χ1n) is 4.67. The molecule has 2 heteroatoms. The molecule has 0 bridgehead atoms. The zero-order valence-electron chi connectivity index (χ0n) is 7.75. The molecule has 1 fully saturated rings. The Morgan fingerprint density at radius 1 is 1.42 bits per heavy atom. The van der Waals surface area contributed by atoms with Crippen molar-refractivity contribution in [2.45, 2.75) is 45.1 Å². The Balaban J connectivity index is 2.29. The van der Waals surface area contributed by atoms with Crippen LogP contribution in [0.5, 0.6) is 0 Å². The van der Waals surface area contributed by atoms with E-state index >= 15 is 0 Å². The molecule has 0 amide bonds. The summed E-state index contributed by atoms with van der Waals surface area (Å²) < 4.78 is 0. The van der Waals surface area contributed by atoms with Gasteiger partial charge in [0, 0.05) is 0 Å². The van der Waals surface area contributed by atoms with Crippen LogP contribution in [0.25, 0.3) is 0 Å². The normalized spacial score (nSPS) is 19.9. The minimum atomic E-state index is 0.0411. The molecule has 2 nitrogen and oxygen atoms in total. The summed E-state index contributed by atoms with van der Waals surface area (Å²) in [5.74, 6) is 0. The molecule has 68 valence electrons. The van der Waals surface area contributed by atoms with Gasteiger partial charge in [0.1, 0.15) is 6.10 Å². The second-order valence-electron chi connectivity index (χ2n) is 3.26. The fraction of sp³-hybridized carbons (Fsp3) is 0.700. The van der Waals surface area contributed by atoms with Gasteiger partial charge in [0.2, 0.25) is 0 Å². The van der Waals surface area contributed by atoms with Crippen molar-refractivity contribution in [3.63, 3.8) is 0 Å². The van der Waals surface area contributed by atoms with Gasteiger partial charge in [-0.1, -0.05) is 18.2 Å². The Morgan fingerprint density at radius 2 is 2.08 bits per heavy atom. The van der Waals surface area contributed by atoms with Crippen molar-refractivity contribution in [1.82, 2.24) is 0 Å². The minimum absolute atomic E-state index is 0.0411. The molecule has 0 spiro atoms. The van der Waals surface area contributed by atoms with Crippen LogP contribution in [0, 0.1) is 0 Å². The largest absolute Gasteiger partial charge is 0.389 e. The lowest BCUT2D eigenvalue weighted by atomic mass is 9.99. The fourth-order valence-electron chi connectivity index (χ4n) is 1.25. The van der Waals surface area contributed by atoms with E-state index in [4.69, 9.17) is 4.84 Å². The van der Waals surface area contributed by atoms with E-state index < -0.39 is 0 Å². The van der Waals surface area contributed by atoms with Crippen molar-refractivity contribution < 1.29 is 4.84 Å². The van der Waals surface area contributed by atoms with Crippen molar-refractivity contribution in [2.75, 3.05) is 0 Å². The molecule has 0 aromatic carbocycles. The third-order valence-electron chi connectivity index (χ3n) is 2.11. The van der Waals surface area contributed by atoms with E-state index in [1.165, 1.54) is 25.0 Å². The Morgan fingerprint density at radius 3 is 2.67 bits per heavy atom. The summed E-state index contributed by atoms with van der Waals surface area (Å²) in [6, 6.07) is 0. The molecule has 0 aromatic rings. The van der Waals surface area contributed by atoms with E-state index in [1.807, 2.05) is 6.92 Å². The van der Waals surface area contributed by atoms with Gasteiger partial charge in [-0.2, -0.15) is 0 Å². The van der Waals surface area contributed by atoms with Gasteiger partial charge >= 0.3 is 0 Å². The van der Waals surface area contributed by atoms with Gasteiger partial charge in [-0.3, -0.25) is 0 Å². The molecule has 0 aliphatic heterocycles. The highest BCUT2D eigenvalue weighted by Gasteiger charge is 2.07. The summed E-state index contributed by atoms with van der Waals surface area (Å²) in [5, 5.41) is 4.10. The zero-order chi connectivity index (χ0) is 8.81. The molecule has 1 saturated carbocycles. The third kappa shape index (κ3) is 3.07. The van der Waals surface area contributed by atoms with Crippen molar-refractivity contribution in [3.05, 3.63) is 12.7 Å².